The summed E-state index contributed by atoms with van der Waals surface area (Å²) < 4.78 is 10.9. The van der Waals surface area contributed by atoms with Gasteiger partial charge in [-0.1, -0.05) is 54.1 Å². The zero-order valence-corrected chi connectivity index (χ0v) is 17.6. The fourth-order valence-corrected chi connectivity index (χ4v) is 3.89. The lowest BCUT2D eigenvalue weighted by Gasteiger charge is -2.31. The first-order valence-electron chi connectivity index (χ1n) is 9.68. The third-order valence-electron chi connectivity index (χ3n) is 5.28. The van der Waals surface area contributed by atoms with Gasteiger partial charge in [-0.2, -0.15) is 0 Å². The molecule has 0 saturated heterocycles. The van der Waals surface area contributed by atoms with Crippen molar-refractivity contribution in [3.63, 3.8) is 0 Å². The Morgan fingerprint density at radius 3 is 2.30 bits per heavy atom. The number of methoxy groups -OCH3 is 2. The van der Waals surface area contributed by atoms with Gasteiger partial charge in [-0.3, -0.25) is 10.3 Å². The fourth-order valence-electron chi connectivity index (χ4n) is 3.76. The van der Waals surface area contributed by atoms with Gasteiger partial charge in [-0.25, -0.2) is 0 Å². The molecule has 30 heavy (non-hydrogen) atoms. The van der Waals surface area contributed by atoms with Crippen LogP contribution in [-0.4, -0.2) is 25.0 Å². The molecule has 0 radical (unpaired) electrons. The summed E-state index contributed by atoms with van der Waals surface area (Å²) in [5.74, 6) is 1.33. The molecule has 0 fully saturated rings. The number of benzene rings is 3. The van der Waals surface area contributed by atoms with Gasteiger partial charge in [0, 0.05) is 34.3 Å². The molecule has 0 unspecified atom stereocenters. The number of halogens is 1. The normalized spacial score (nSPS) is 18.6. The number of hydrogen-bond acceptors (Lipinski definition) is 5. The van der Waals surface area contributed by atoms with Crippen molar-refractivity contribution in [1.82, 2.24) is 5.32 Å². The summed E-state index contributed by atoms with van der Waals surface area (Å²) in [4.78, 5) is 4.98. The summed E-state index contributed by atoms with van der Waals surface area (Å²) in [5.41, 5.74) is 3.61. The Hall–Kier alpha value is -3.02. The number of nitrogens with zero attached hydrogens (tertiary/aromatic N) is 1. The molecule has 2 atom stereocenters. The molecule has 0 aromatic heterocycles. The van der Waals surface area contributed by atoms with Crippen molar-refractivity contribution in [3.05, 3.63) is 88.4 Å². The molecule has 0 saturated carbocycles. The van der Waals surface area contributed by atoms with E-state index in [-0.39, 0.29) is 18.0 Å². The van der Waals surface area contributed by atoms with E-state index in [0.29, 0.717) is 17.2 Å². The highest BCUT2D eigenvalue weighted by Gasteiger charge is 2.29. The van der Waals surface area contributed by atoms with Gasteiger partial charge in [0.1, 0.15) is 11.9 Å². The van der Waals surface area contributed by atoms with Crippen molar-refractivity contribution in [2.75, 3.05) is 14.2 Å². The molecule has 1 aliphatic rings. The highest BCUT2D eigenvalue weighted by Crippen LogP contribution is 2.39. The van der Waals surface area contributed by atoms with Crippen LogP contribution in [0.15, 0.2) is 71.7 Å². The molecule has 4 rings (SSSR count). The molecule has 0 aliphatic carbocycles. The van der Waals surface area contributed by atoms with Crippen LogP contribution in [-0.2, 0) is 0 Å². The summed E-state index contributed by atoms with van der Waals surface area (Å²) in [5, 5.41) is 15.0. The molecular formula is C24H23ClN2O3. The number of nitrogens with one attached hydrogen (secondary N) is 1. The van der Waals surface area contributed by atoms with Gasteiger partial charge in [-0.05, 0) is 29.8 Å². The smallest absolute Gasteiger partial charge is 0.162 e. The van der Waals surface area contributed by atoms with Crippen LogP contribution in [0.2, 0.25) is 5.02 Å². The predicted octanol–water partition coefficient (Wildman–Crippen LogP) is 5.29. The van der Waals surface area contributed by atoms with E-state index >= 15 is 0 Å². The maximum absolute atomic E-state index is 10.7. The second kappa shape index (κ2) is 8.78. The minimum Gasteiger partial charge on any atom is -0.504 e. The molecule has 5 nitrogen and oxygen atoms in total. The second-order valence-corrected chi connectivity index (χ2v) is 7.49. The average Bonchev–Trinajstić information content (AvgIpc) is 2.79. The Morgan fingerprint density at radius 2 is 1.57 bits per heavy atom. The third-order valence-corrected chi connectivity index (χ3v) is 5.53. The summed E-state index contributed by atoms with van der Waals surface area (Å²) in [6, 6.07) is 20.8. The predicted molar refractivity (Wildman–Crippen MR) is 119 cm³/mol. The summed E-state index contributed by atoms with van der Waals surface area (Å²) in [7, 11) is 3.20. The number of aliphatic imine (C=N–C) groups is 1. The Morgan fingerprint density at radius 1 is 0.900 bits per heavy atom. The number of ether oxygens (including phenoxy) is 2. The highest BCUT2D eigenvalue weighted by molar-refractivity contribution is 6.30. The lowest BCUT2D eigenvalue weighted by molar-refractivity contribution is 0.357. The summed E-state index contributed by atoms with van der Waals surface area (Å²) in [6.45, 7) is 0. The number of aromatic hydroxyl groups is 1. The lowest BCUT2D eigenvalue weighted by Crippen LogP contribution is -2.33. The summed E-state index contributed by atoms with van der Waals surface area (Å²) in [6.07, 6.45) is 0.268. The molecule has 154 valence electrons. The average molecular weight is 423 g/mol. The summed E-state index contributed by atoms with van der Waals surface area (Å²) >= 11 is 6.08. The molecule has 2 N–H and O–H groups in total. The van der Waals surface area contributed by atoms with Gasteiger partial charge < -0.3 is 14.6 Å². The standard InChI is InChI=1S/C24H23ClN2O3/c1-29-21-8-4-3-6-18(21)24-26-19(15-10-12-16(25)13-11-15)14-20(27-24)17-7-5-9-22(30-2)23(17)28/h3-13,20,24,27-28H,14H2,1-2H3/t20-,24-/m0/s1. The van der Waals surface area contributed by atoms with Crippen LogP contribution in [0.5, 0.6) is 17.2 Å². The van der Waals surface area contributed by atoms with E-state index in [1.54, 1.807) is 20.3 Å². The van der Waals surface area contributed by atoms with Crippen molar-refractivity contribution in [3.8, 4) is 17.2 Å². The Bertz CT molecular complexity index is 1070. The van der Waals surface area contributed by atoms with Crippen molar-refractivity contribution >= 4 is 17.3 Å². The van der Waals surface area contributed by atoms with Crippen LogP contribution >= 0.6 is 11.6 Å². The maximum Gasteiger partial charge on any atom is 0.162 e. The second-order valence-electron chi connectivity index (χ2n) is 7.05. The van der Waals surface area contributed by atoms with Gasteiger partial charge in [0.05, 0.1) is 14.2 Å². The third kappa shape index (κ3) is 3.99. The Balaban J connectivity index is 1.79. The van der Waals surface area contributed by atoms with Crippen LogP contribution in [0.25, 0.3) is 0 Å². The van der Waals surface area contributed by atoms with Crippen LogP contribution in [0, 0.1) is 0 Å². The van der Waals surface area contributed by atoms with E-state index in [1.165, 1.54) is 0 Å². The largest absolute Gasteiger partial charge is 0.504 e. The molecule has 1 aliphatic heterocycles. The van der Waals surface area contributed by atoms with Gasteiger partial charge in [0.15, 0.2) is 11.5 Å². The van der Waals surface area contributed by atoms with Crippen molar-refractivity contribution in [1.29, 1.82) is 0 Å². The van der Waals surface area contributed by atoms with Crippen molar-refractivity contribution < 1.29 is 14.6 Å². The molecule has 0 bridgehead atoms. The first-order valence-corrected chi connectivity index (χ1v) is 10.1. The molecule has 0 amide bonds. The van der Waals surface area contributed by atoms with Gasteiger partial charge in [-0.15, -0.1) is 0 Å². The van der Waals surface area contributed by atoms with E-state index in [1.807, 2.05) is 60.7 Å². The van der Waals surface area contributed by atoms with Crippen molar-refractivity contribution in [2.45, 2.75) is 18.6 Å². The number of para-hydroxylation sites is 2. The first kappa shape index (κ1) is 20.3. The van der Waals surface area contributed by atoms with Crippen LogP contribution in [0.4, 0.5) is 0 Å². The number of phenols is 1. The van der Waals surface area contributed by atoms with E-state index in [4.69, 9.17) is 26.1 Å². The molecule has 3 aromatic rings. The van der Waals surface area contributed by atoms with E-state index in [2.05, 4.69) is 5.32 Å². The zero-order valence-electron chi connectivity index (χ0n) is 16.8. The minimum atomic E-state index is -0.337. The van der Waals surface area contributed by atoms with Crippen LogP contribution in [0.3, 0.4) is 0 Å². The number of rotatable bonds is 5. The topological polar surface area (TPSA) is 63.1 Å². The number of hydrogen-bond donors (Lipinski definition) is 2. The molecule has 0 spiro atoms. The van der Waals surface area contributed by atoms with E-state index in [0.717, 1.165) is 28.2 Å². The molecule has 6 heteroatoms. The minimum absolute atomic E-state index is 0.133. The molecule has 1 heterocycles. The van der Waals surface area contributed by atoms with Crippen LogP contribution < -0.4 is 14.8 Å². The van der Waals surface area contributed by atoms with Gasteiger partial charge in [0.25, 0.3) is 0 Å². The SMILES string of the molecule is COc1ccccc1[C@H]1N=C(c2ccc(Cl)cc2)C[C@@H](c2cccc(OC)c2O)N1. The quantitative estimate of drug-likeness (QED) is 0.586. The van der Waals surface area contributed by atoms with Crippen molar-refractivity contribution in [2.24, 2.45) is 4.99 Å². The Kier molecular flexibility index (Phi) is 5.93. The Labute approximate surface area is 180 Å². The highest BCUT2D eigenvalue weighted by atomic mass is 35.5. The fraction of sp³-hybridized carbons (Fsp3) is 0.208. The van der Waals surface area contributed by atoms with Gasteiger partial charge >= 0.3 is 0 Å². The monoisotopic (exact) mass is 422 g/mol. The first-order chi connectivity index (χ1) is 14.6. The van der Waals surface area contributed by atoms with Gasteiger partial charge in [0.2, 0.25) is 0 Å². The van der Waals surface area contributed by atoms with Crippen LogP contribution in [0.1, 0.15) is 35.3 Å². The van der Waals surface area contributed by atoms with E-state index < -0.39 is 0 Å². The lowest BCUT2D eigenvalue weighted by atomic mass is 9.93. The molecule has 3 aromatic carbocycles. The van der Waals surface area contributed by atoms with E-state index in [9.17, 15) is 5.11 Å². The zero-order chi connectivity index (χ0) is 21.1. The maximum atomic E-state index is 10.7. The molecular weight excluding hydrogens is 400 g/mol. The number of phenolic OH excluding ortho intramolecular Hbond substituents is 1.